The third kappa shape index (κ3) is 3.71. The molecule has 0 aliphatic carbocycles. The van der Waals surface area contributed by atoms with E-state index in [9.17, 15) is 0 Å². The van der Waals surface area contributed by atoms with Gasteiger partial charge in [0.1, 0.15) is 10.5 Å². The van der Waals surface area contributed by atoms with Crippen LogP contribution in [0.4, 0.5) is 0 Å². The first-order chi connectivity index (χ1) is 3.62. The summed E-state index contributed by atoms with van der Waals surface area (Å²) >= 11 is 4.42. The summed E-state index contributed by atoms with van der Waals surface area (Å²) in [7, 11) is -0.574. The fraction of sp³-hybridized carbons (Fsp3) is 1.00. The lowest BCUT2D eigenvalue weighted by Crippen LogP contribution is -2.25. The first kappa shape index (κ1) is 8.74. The molecule has 0 bridgehead atoms. The van der Waals surface area contributed by atoms with E-state index in [0.29, 0.717) is 0 Å². The van der Waals surface area contributed by atoms with E-state index in [2.05, 4.69) is 25.5 Å². The van der Waals surface area contributed by atoms with Crippen molar-refractivity contribution in [3.05, 3.63) is 0 Å². The first-order valence-corrected chi connectivity index (χ1v) is 7.62. The number of thiol groups is 1. The smallest absolute Gasteiger partial charge is 0.236 e. The molecule has 0 aliphatic rings. The van der Waals surface area contributed by atoms with Gasteiger partial charge < -0.3 is 4.12 Å². The summed E-state index contributed by atoms with van der Waals surface area (Å²) in [5, 5.41) is 0. The minimum absolute atomic E-state index is 0.847. The maximum atomic E-state index is 5.32. The molecular formula is C4H14OSSi2. The van der Waals surface area contributed by atoms with Gasteiger partial charge >= 0.3 is 0 Å². The van der Waals surface area contributed by atoms with Crippen molar-refractivity contribution >= 4 is 30.0 Å². The van der Waals surface area contributed by atoms with Crippen molar-refractivity contribution in [3.8, 4) is 0 Å². The highest BCUT2D eigenvalue weighted by atomic mass is 32.3. The Morgan fingerprint density at radius 2 is 2.25 bits per heavy atom. The topological polar surface area (TPSA) is 9.23 Å². The maximum absolute atomic E-state index is 5.32. The molecule has 0 saturated carbocycles. The molecule has 50 valence electrons. The normalized spacial score (nSPS) is 18.4. The van der Waals surface area contributed by atoms with Crippen LogP contribution >= 0.6 is 12.1 Å². The highest BCUT2D eigenvalue weighted by Gasteiger charge is 2.19. The Labute approximate surface area is 60.5 Å². The fourth-order valence-corrected chi connectivity index (χ4v) is 2.98. The van der Waals surface area contributed by atoms with Crippen molar-refractivity contribution in [3.63, 3.8) is 0 Å². The molecule has 0 aliphatic heterocycles. The van der Waals surface area contributed by atoms with Crippen LogP contribution in [0.5, 0.6) is 0 Å². The zero-order chi connectivity index (χ0) is 6.62. The van der Waals surface area contributed by atoms with Crippen molar-refractivity contribution in [2.75, 3.05) is 0 Å². The van der Waals surface area contributed by atoms with Crippen molar-refractivity contribution in [1.82, 2.24) is 0 Å². The van der Waals surface area contributed by atoms with E-state index in [1.165, 1.54) is 12.5 Å². The van der Waals surface area contributed by atoms with E-state index < -0.39 is 7.47 Å². The monoisotopic (exact) mass is 166 g/mol. The van der Waals surface area contributed by atoms with Crippen LogP contribution in [0.25, 0.3) is 0 Å². The molecule has 0 aromatic heterocycles. The predicted octanol–water partition coefficient (Wildman–Crippen LogP) is 0.695. The Bertz CT molecular complexity index is 67.1. The second-order valence-electron chi connectivity index (χ2n) is 2.13. The molecule has 8 heavy (non-hydrogen) atoms. The zero-order valence-electron chi connectivity index (χ0n) is 5.77. The van der Waals surface area contributed by atoms with Gasteiger partial charge in [0.05, 0.1) is 0 Å². The SMILES string of the molecule is CCC[Si](C)(S)O[SiH3]. The molecule has 0 fully saturated rings. The van der Waals surface area contributed by atoms with Crippen LogP contribution in [0.1, 0.15) is 13.3 Å². The van der Waals surface area contributed by atoms with Gasteiger partial charge in [0, 0.05) is 0 Å². The molecule has 0 aromatic carbocycles. The largest absolute Gasteiger partial charge is 0.456 e. The average molecular weight is 166 g/mol. The molecule has 0 rings (SSSR count). The van der Waals surface area contributed by atoms with Crippen LogP contribution in [0.3, 0.4) is 0 Å². The van der Waals surface area contributed by atoms with Crippen molar-refractivity contribution in [2.45, 2.75) is 25.9 Å². The molecule has 0 aromatic rings. The van der Waals surface area contributed by atoms with Crippen LogP contribution in [0.2, 0.25) is 12.6 Å². The van der Waals surface area contributed by atoms with E-state index in [0.717, 1.165) is 10.5 Å². The Kier molecular flexibility index (Phi) is 4.05. The summed E-state index contributed by atoms with van der Waals surface area (Å²) in [4.78, 5) is 0. The van der Waals surface area contributed by atoms with Gasteiger partial charge in [-0.15, -0.1) is 0 Å². The summed E-state index contributed by atoms with van der Waals surface area (Å²) in [6.45, 7) is 4.31. The minimum atomic E-state index is -1.42. The van der Waals surface area contributed by atoms with Crippen LogP contribution < -0.4 is 0 Å². The van der Waals surface area contributed by atoms with E-state index in [1.807, 2.05) is 0 Å². The Hall–Kier alpha value is 0.744. The van der Waals surface area contributed by atoms with Crippen molar-refractivity contribution in [1.29, 1.82) is 0 Å². The summed E-state index contributed by atoms with van der Waals surface area (Å²) < 4.78 is 5.32. The third-order valence-corrected chi connectivity index (χ3v) is 8.41. The van der Waals surface area contributed by atoms with Crippen LogP contribution in [0.15, 0.2) is 0 Å². The third-order valence-electron chi connectivity index (χ3n) is 1.15. The molecule has 0 amide bonds. The molecule has 0 N–H and O–H groups in total. The van der Waals surface area contributed by atoms with Crippen LogP contribution in [0, 0.1) is 0 Å². The average Bonchev–Trinajstić information content (AvgIpc) is 1.67. The van der Waals surface area contributed by atoms with Crippen molar-refractivity contribution in [2.24, 2.45) is 0 Å². The van der Waals surface area contributed by atoms with Gasteiger partial charge in [-0.1, -0.05) is 13.3 Å². The maximum Gasteiger partial charge on any atom is 0.236 e. The van der Waals surface area contributed by atoms with Gasteiger partial charge in [-0.2, -0.15) is 12.1 Å². The first-order valence-electron chi connectivity index (χ1n) is 2.90. The molecule has 0 radical (unpaired) electrons. The van der Waals surface area contributed by atoms with Crippen LogP contribution in [-0.2, 0) is 4.12 Å². The van der Waals surface area contributed by atoms with Crippen LogP contribution in [-0.4, -0.2) is 18.0 Å². The Morgan fingerprint density at radius 3 is 2.38 bits per heavy atom. The summed E-state index contributed by atoms with van der Waals surface area (Å²) in [6.07, 6.45) is 1.20. The highest BCUT2D eigenvalue weighted by molar-refractivity contribution is 8.13. The van der Waals surface area contributed by atoms with E-state index in [1.54, 1.807) is 0 Å². The summed E-state index contributed by atoms with van der Waals surface area (Å²) in [5.41, 5.74) is 0. The van der Waals surface area contributed by atoms with Gasteiger partial charge in [0.2, 0.25) is 7.47 Å². The number of hydrogen-bond acceptors (Lipinski definition) is 2. The van der Waals surface area contributed by atoms with E-state index in [4.69, 9.17) is 4.12 Å². The molecule has 0 spiro atoms. The van der Waals surface area contributed by atoms with Crippen molar-refractivity contribution < 1.29 is 4.12 Å². The molecule has 1 unspecified atom stereocenters. The molecule has 1 atom stereocenters. The van der Waals surface area contributed by atoms with Gasteiger partial charge in [0.25, 0.3) is 0 Å². The molecule has 4 heteroatoms. The lowest BCUT2D eigenvalue weighted by molar-refractivity contribution is 0.624. The standard InChI is InChI=1S/C4H14OSSi2/c1-3-4-8(2,6)5-7/h6H,3-4H2,1-2,7H3. The molecular weight excluding hydrogens is 152 g/mol. The Morgan fingerprint density at radius 1 is 1.75 bits per heavy atom. The lowest BCUT2D eigenvalue weighted by atomic mass is 10.6. The second-order valence-corrected chi connectivity index (χ2v) is 9.45. The quantitative estimate of drug-likeness (QED) is 0.480. The summed E-state index contributed by atoms with van der Waals surface area (Å²) in [6, 6.07) is 1.18. The highest BCUT2D eigenvalue weighted by Crippen LogP contribution is 2.15. The lowest BCUT2D eigenvalue weighted by Gasteiger charge is -2.17. The molecule has 1 nitrogen and oxygen atoms in total. The fourth-order valence-electron chi connectivity index (χ4n) is 0.566. The van der Waals surface area contributed by atoms with E-state index >= 15 is 0 Å². The summed E-state index contributed by atoms with van der Waals surface area (Å²) in [5.74, 6) is 0. The molecule has 0 saturated heterocycles. The van der Waals surface area contributed by atoms with E-state index in [-0.39, 0.29) is 0 Å². The predicted molar refractivity (Wildman–Crippen MR) is 46.7 cm³/mol. The van der Waals surface area contributed by atoms with Gasteiger partial charge in [-0.25, -0.2) is 0 Å². The minimum Gasteiger partial charge on any atom is -0.456 e. The Balaban J connectivity index is 3.37. The number of hydrogen-bond donors (Lipinski definition) is 1. The van der Waals surface area contributed by atoms with Gasteiger partial charge in [-0.3, -0.25) is 0 Å². The second kappa shape index (κ2) is 3.71. The molecule has 0 heterocycles. The van der Waals surface area contributed by atoms with Gasteiger partial charge in [-0.05, 0) is 12.6 Å². The number of rotatable bonds is 3. The van der Waals surface area contributed by atoms with Gasteiger partial charge in [0.15, 0.2) is 0 Å². The zero-order valence-corrected chi connectivity index (χ0v) is 9.66.